The molecule has 2 aromatic heterocycles. The van der Waals surface area contributed by atoms with E-state index in [4.69, 9.17) is 0 Å². The zero-order valence-electron chi connectivity index (χ0n) is 11.7. The quantitative estimate of drug-likeness (QED) is 0.879. The molecule has 0 aliphatic heterocycles. The fourth-order valence-electron chi connectivity index (χ4n) is 1.94. The molecule has 0 aromatic carbocycles. The van der Waals surface area contributed by atoms with Crippen LogP contribution in [0.25, 0.3) is 0 Å². The van der Waals surface area contributed by atoms with Crippen molar-refractivity contribution in [1.29, 1.82) is 0 Å². The number of aryl methyl sites for hydroxylation is 1. The van der Waals surface area contributed by atoms with Gasteiger partial charge >= 0.3 is 0 Å². The number of hydrogen-bond acceptors (Lipinski definition) is 6. The Balaban J connectivity index is 2.19. The minimum Gasteiger partial charge on any atom is -0.373 e. The Morgan fingerprint density at radius 1 is 1.21 bits per heavy atom. The van der Waals surface area contributed by atoms with Crippen molar-refractivity contribution in [3.05, 3.63) is 28.0 Å². The van der Waals surface area contributed by atoms with E-state index in [2.05, 4.69) is 39.4 Å². The highest BCUT2D eigenvalue weighted by atomic mass is 32.1. The SMILES string of the molecule is CNc1ncnc(NCc2cnc(C)s2)c1C(C)C. The lowest BCUT2D eigenvalue weighted by atomic mass is 10.0. The lowest BCUT2D eigenvalue weighted by molar-refractivity contribution is 0.847. The van der Waals surface area contributed by atoms with Crippen molar-refractivity contribution in [3.8, 4) is 0 Å². The molecular weight excluding hydrogens is 258 g/mol. The zero-order chi connectivity index (χ0) is 13.8. The van der Waals surface area contributed by atoms with Crippen LogP contribution in [0.4, 0.5) is 11.6 Å². The lowest BCUT2D eigenvalue weighted by Gasteiger charge is -2.16. The topological polar surface area (TPSA) is 62.7 Å². The van der Waals surface area contributed by atoms with Gasteiger partial charge in [-0.05, 0) is 12.8 Å². The van der Waals surface area contributed by atoms with Crippen molar-refractivity contribution >= 4 is 23.0 Å². The summed E-state index contributed by atoms with van der Waals surface area (Å²) in [7, 11) is 1.88. The summed E-state index contributed by atoms with van der Waals surface area (Å²) in [6, 6.07) is 0. The minimum absolute atomic E-state index is 0.356. The number of aromatic nitrogens is 3. The van der Waals surface area contributed by atoms with Gasteiger partial charge < -0.3 is 10.6 Å². The predicted molar refractivity (Wildman–Crippen MR) is 79.8 cm³/mol. The smallest absolute Gasteiger partial charge is 0.135 e. The van der Waals surface area contributed by atoms with Gasteiger partial charge in [0.2, 0.25) is 0 Å². The Bertz CT molecular complexity index is 550. The van der Waals surface area contributed by atoms with Gasteiger partial charge in [0, 0.05) is 23.7 Å². The summed E-state index contributed by atoms with van der Waals surface area (Å²) in [6.07, 6.45) is 3.49. The summed E-state index contributed by atoms with van der Waals surface area (Å²) < 4.78 is 0. The lowest BCUT2D eigenvalue weighted by Crippen LogP contribution is -2.09. The average molecular weight is 277 g/mol. The highest BCUT2D eigenvalue weighted by Crippen LogP contribution is 2.28. The molecule has 0 aliphatic carbocycles. The number of nitrogens with one attached hydrogen (secondary N) is 2. The van der Waals surface area contributed by atoms with Gasteiger partial charge in [-0.3, -0.25) is 0 Å². The van der Waals surface area contributed by atoms with E-state index in [1.807, 2.05) is 20.2 Å². The standard InChI is InChI=1S/C13H19N5S/c1-8(2)11-12(14-4)17-7-18-13(11)16-6-10-5-15-9(3)19-10/h5,7-8H,6H2,1-4H3,(H2,14,16,17,18). The van der Waals surface area contributed by atoms with E-state index in [1.54, 1.807) is 17.7 Å². The number of anilines is 2. The van der Waals surface area contributed by atoms with E-state index >= 15 is 0 Å². The van der Waals surface area contributed by atoms with E-state index in [-0.39, 0.29) is 0 Å². The molecule has 0 atom stereocenters. The molecule has 19 heavy (non-hydrogen) atoms. The first-order valence-corrected chi connectivity index (χ1v) is 7.11. The number of hydrogen-bond donors (Lipinski definition) is 2. The highest BCUT2D eigenvalue weighted by molar-refractivity contribution is 7.11. The Morgan fingerprint density at radius 3 is 2.53 bits per heavy atom. The van der Waals surface area contributed by atoms with Crippen LogP contribution in [-0.2, 0) is 6.54 Å². The van der Waals surface area contributed by atoms with Crippen molar-refractivity contribution in [2.45, 2.75) is 33.2 Å². The van der Waals surface area contributed by atoms with Crippen LogP contribution in [0.1, 0.15) is 35.2 Å². The predicted octanol–water partition coefficient (Wildman–Crippen LogP) is 3.02. The zero-order valence-corrected chi connectivity index (χ0v) is 12.5. The molecular formula is C13H19N5S. The fraction of sp³-hybridized carbons (Fsp3) is 0.462. The number of nitrogens with zero attached hydrogens (tertiary/aromatic N) is 3. The van der Waals surface area contributed by atoms with Crippen LogP contribution in [0.3, 0.4) is 0 Å². The first-order chi connectivity index (χ1) is 9.11. The second kappa shape index (κ2) is 5.97. The molecule has 2 heterocycles. The molecule has 0 aliphatic rings. The summed E-state index contributed by atoms with van der Waals surface area (Å²) in [5, 5.41) is 7.58. The maximum Gasteiger partial charge on any atom is 0.135 e. The van der Waals surface area contributed by atoms with Gasteiger partial charge in [-0.1, -0.05) is 13.8 Å². The summed E-state index contributed by atoms with van der Waals surface area (Å²) in [6.45, 7) is 7.03. The van der Waals surface area contributed by atoms with E-state index in [0.717, 1.165) is 28.8 Å². The first-order valence-electron chi connectivity index (χ1n) is 6.29. The van der Waals surface area contributed by atoms with E-state index in [0.29, 0.717) is 5.92 Å². The molecule has 0 bridgehead atoms. The number of thiazole rings is 1. The molecule has 0 radical (unpaired) electrons. The number of rotatable bonds is 5. The summed E-state index contributed by atoms with van der Waals surface area (Å²) in [5.74, 6) is 2.13. The molecule has 0 amide bonds. The van der Waals surface area contributed by atoms with Crippen LogP contribution < -0.4 is 10.6 Å². The third-order valence-electron chi connectivity index (χ3n) is 2.80. The third kappa shape index (κ3) is 3.20. The molecule has 2 N–H and O–H groups in total. The fourth-order valence-corrected chi connectivity index (χ4v) is 2.68. The summed E-state index contributed by atoms with van der Waals surface area (Å²) in [5.41, 5.74) is 1.12. The van der Waals surface area contributed by atoms with Gasteiger partial charge in [0.15, 0.2) is 0 Å². The Morgan fingerprint density at radius 2 is 1.95 bits per heavy atom. The molecule has 0 fully saturated rings. The first kappa shape index (κ1) is 13.7. The maximum atomic E-state index is 4.35. The molecule has 0 unspecified atom stereocenters. The van der Waals surface area contributed by atoms with E-state index < -0.39 is 0 Å². The van der Waals surface area contributed by atoms with Crippen molar-refractivity contribution in [1.82, 2.24) is 15.0 Å². The van der Waals surface area contributed by atoms with Gasteiger partial charge in [-0.2, -0.15) is 0 Å². The van der Waals surface area contributed by atoms with Crippen molar-refractivity contribution in [3.63, 3.8) is 0 Å². The van der Waals surface area contributed by atoms with E-state index in [9.17, 15) is 0 Å². The van der Waals surface area contributed by atoms with Crippen molar-refractivity contribution < 1.29 is 0 Å². The van der Waals surface area contributed by atoms with Gasteiger partial charge in [0.05, 0.1) is 11.6 Å². The molecule has 2 aromatic rings. The molecule has 5 nitrogen and oxygen atoms in total. The van der Waals surface area contributed by atoms with Gasteiger partial charge in [-0.25, -0.2) is 15.0 Å². The van der Waals surface area contributed by atoms with E-state index in [1.165, 1.54) is 4.88 Å². The molecule has 0 spiro atoms. The molecule has 6 heteroatoms. The Labute approximate surface area is 117 Å². The second-order valence-corrected chi connectivity index (χ2v) is 5.91. The largest absolute Gasteiger partial charge is 0.373 e. The molecule has 0 saturated heterocycles. The monoisotopic (exact) mass is 277 g/mol. The molecule has 102 valence electrons. The van der Waals surface area contributed by atoms with Gasteiger partial charge in [0.25, 0.3) is 0 Å². The highest BCUT2D eigenvalue weighted by Gasteiger charge is 2.14. The van der Waals surface area contributed by atoms with Crippen LogP contribution in [0.2, 0.25) is 0 Å². The van der Waals surface area contributed by atoms with Crippen LogP contribution in [0.5, 0.6) is 0 Å². The second-order valence-electron chi connectivity index (χ2n) is 4.59. The van der Waals surface area contributed by atoms with Crippen molar-refractivity contribution in [2.75, 3.05) is 17.7 Å². The van der Waals surface area contributed by atoms with Crippen LogP contribution in [-0.4, -0.2) is 22.0 Å². The Hall–Kier alpha value is -1.69. The third-order valence-corrected chi connectivity index (χ3v) is 3.71. The molecule has 2 rings (SSSR count). The average Bonchev–Trinajstić information content (AvgIpc) is 2.81. The van der Waals surface area contributed by atoms with Crippen LogP contribution in [0, 0.1) is 6.92 Å². The van der Waals surface area contributed by atoms with Crippen LogP contribution >= 0.6 is 11.3 Å². The Kier molecular flexibility index (Phi) is 4.31. The van der Waals surface area contributed by atoms with Crippen LogP contribution in [0.15, 0.2) is 12.5 Å². The summed E-state index contributed by atoms with van der Waals surface area (Å²) >= 11 is 1.70. The molecule has 0 saturated carbocycles. The minimum atomic E-state index is 0.356. The maximum absolute atomic E-state index is 4.35. The van der Waals surface area contributed by atoms with Gasteiger partial charge in [0.1, 0.15) is 18.0 Å². The van der Waals surface area contributed by atoms with Gasteiger partial charge in [-0.15, -0.1) is 11.3 Å². The van der Waals surface area contributed by atoms with Crippen molar-refractivity contribution in [2.24, 2.45) is 0 Å². The normalized spacial score (nSPS) is 10.8. The summed E-state index contributed by atoms with van der Waals surface area (Å²) in [4.78, 5) is 14.1.